The molecule has 0 fully saturated rings. The first-order chi connectivity index (χ1) is 11.9. The molecule has 2 aromatic carbocycles. The minimum Gasteiger partial charge on any atom is -0.427 e. The Bertz CT molecular complexity index is 1180. The summed E-state index contributed by atoms with van der Waals surface area (Å²) in [5, 5.41) is 10.9. The summed E-state index contributed by atoms with van der Waals surface area (Å²) in [5.41, 5.74) is 1.93. The summed E-state index contributed by atoms with van der Waals surface area (Å²) in [7, 11) is -3.61. The minimum absolute atomic E-state index is 0.196. The normalized spacial score (nSPS) is 12.1. The van der Waals surface area contributed by atoms with E-state index in [0.29, 0.717) is 32.5 Å². The molecular formula is C18H13BrN2O3S. The molecule has 0 unspecified atom stereocenters. The number of hydrogen-bond acceptors (Lipinski definition) is 4. The van der Waals surface area contributed by atoms with Crippen LogP contribution < -0.4 is 0 Å². The van der Waals surface area contributed by atoms with Crippen molar-refractivity contribution in [2.45, 2.75) is 16.7 Å². The summed E-state index contributed by atoms with van der Waals surface area (Å²) < 4.78 is 27.4. The molecule has 7 heteroatoms. The third-order valence-corrected chi connectivity index (χ3v) is 6.79. The Balaban J connectivity index is 1.98. The SMILES string of the molecule is Cc1c(Br)cc2c3cc(S(=O)(=O)c4ccccc4)ccc3nc-2n1O. The van der Waals surface area contributed by atoms with Gasteiger partial charge < -0.3 is 5.21 Å². The van der Waals surface area contributed by atoms with E-state index in [1.54, 1.807) is 55.5 Å². The van der Waals surface area contributed by atoms with Gasteiger partial charge in [0, 0.05) is 15.4 Å². The van der Waals surface area contributed by atoms with Crippen molar-refractivity contribution in [1.82, 2.24) is 9.71 Å². The van der Waals surface area contributed by atoms with Gasteiger partial charge in [0.05, 0.1) is 21.0 Å². The van der Waals surface area contributed by atoms with E-state index in [1.807, 2.05) is 6.07 Å². The van der Waals surface area contributed by atoms with E-state index >= 15 is 0 Å². The third-order valence-electron chi connectivity index (χ3n) is 4.22. The summed E-state index contributed by atoms with van der Waals surface area (Å²) in [6.07, 6.45) is 0. The average molecular weight is 417 g/mol. The van der Waals surface area contributed by atoms with Crippen LogP contribution in [0.3, 0.4) is 0 Å². The van der Waals surface area contributed by atoms with Crippen LogP contribution in [0.5, 0.6) is 0 Å². The van der Waals surface area contributed by atoms with Crippen LogP contribution >= 0.6 is 15.9 Å². The molecule has 2 aliphatic heterocycles. The second kappa shape index (κ2) is 5.57. The number of aromatic nitrogens is 2. The van der Waals surface area contributed by atoms with E-state index in [4.69, 9.17) is 0 Å². The first kappa shape index (κ1) is 16.1. The van der Waals surface area contributed by atoms with Crippen LogP contribution in [0.25, 0.3) is 22.3 Å². The smallest absolute Gasteiger partial charge is 0.206 e. The molecule has 0 spiro atoms. The van der Waals surface area contributed by atoms with Gasteiger partial charge in [-0.05, 0) is 59.3 Å². The maximum atomic E-state index is 12.8. The molecule has 0 aliphatic carbocycles. The maximum absolute atomic E-state index is 12.8. The number of nitrogens with zero attached hydrogens (tertiary/aromatic N) is 2. The van der Waals surface area contributed by atoms with Gasteiger partial charge in [0.25, 0.3) is 0 Å². The minimum atomic E-state index is -3.61. The van der Waals surface area contributed by atoms with E-state index in [9.17, 15) is 13.6 Å². The molecule has 0 radical (unpaired) electrons. The van der Waals surface area contributed by atoms with Crippen molar-refractivity contribution < 1.29 is 13.6 Å². The van der Waals surface area contributed by atoms with E-state index in [-0.39, 0.29) is 9.79 Å². The number of rotatable bonds is 2. The van der Waals surface area contributed by atoms with Gasteiger partial charge in [0.15, 0.2) is 5.82 Å². The Kier molecular flexibility index (Phi) is 3.59. The van der Waals surface area contributed by atoms with Crippen molar-refractivity contribution >= 4 is 36.7 Å². The van der Waals surface area contributed by atoms with E-state index in [1.165, 1.54) is 0 Å². The zero-order chi connectivity index (χ0) is 17.8. The fraction of sp³-hybridized carbons (Fsp3) is 0.0556. The molecule has 5 nitrogen and oxygen atoms in total. The molecule has 0 atom stereocenters. The van der Waals surface area contributed by atoms with Crippen molar-refractivity contribution in [3.63, 3.8) is 0 Å². The van der Waals surface area contributed by atoms with Crippen LogP contribution in [-0.2, 0) is 9.84 Å². The highest BCUT2D eigenvalue weighted by molar-refractivity contribution is 9.10. The Labute approximate surface area is 152 Å². The predicted molar refractivity (Wildman–Crippen MR) is 97.9 cm³/mol. The van der Waals surface area contributed by atoms with Crippen LogP contribution in [-0.4, -0.2) is 23.3 Å². The molecule has 126 valence electrons. The fourth-order valence-corrected chi connectivity index (χ4v) is 4.53. The molecule has 1 N–H and O–H groups in total. The molecule has 0 saturated heterocycles. The highest BCUT2D eigenvalue weighted by Gasteiger charge is 2.22. The Hall–Kier alpha value is -2.38. The Morgan fingerprint density at radius 3 is 2.48 bits per heavy atom. The van der Waals surface area contributed by atoms with E-state index in [2.05, 4.69) is 20.9 Å². The molecule has 25 heavy (non-hydrogen) atoms. The lowest BCUT2D eigenvalue weighted by Crippen LogP contribution is -2.04. The van der Waals surface area contributed by atoms with Crippen LogP contribution in [0.4, 0.5) is 0 Å². The lowest BCUT2D eigenvalue weighted by molar-refractivity contribution is 0.179. The summed E-state index contributed by atoms with van der Waals surface area (Å²) in [5.74, 6) is 0.393. The standard InChI is InChI=1S/C18H13BrN2O3S/c1-11-16(19)10-15-14-9-13(7-8-17(14)20-18(15)21(11)22)25(23,24)12-5-3-2-4-6-12/h2-10,22H,1H3. The van der Waals surface area contributed by atoms with Gasteiger partial charge in [-0.25, -0.2) is 13.4 Å². The lowest BCUT2D eigenvalue weighted by Gasteiger charge is -2.10. The predicted octanol–water partition coefficient (Wildman–Crippen LogP) is 4.28. The largest absolute Gasteiger partial charge is 0.427 e. The molecule has 0 saturated carbocycles. The van der Waals surface area contributed by atoms with Gasteiger partial charge in [-0.15, -0.1) is 0 Å². The monoisotopic (exact) mass is 416 g/mol. The number of benzene rings is 2. The number of halogens is 1. The summed E-state index contributed by atoms with van der Waals surface area (Å²) in [4.78, 5) is 4.85. The molecule has 4 rings (SSSR count). The second-order valence-corrected chi connectivity index (χ2v) is 8.54. The van der Waals surface area contributed by atoms with Gasteiger partial charge in [0.1, 0.15) is 0 Å². The van der Waals surface area contributed by atoms with Crippen molar-refractivity contribution in [3.05, 3.63) is 64.8 Å². The van der Waals surface area contributed by atoms with Crippen LogP contribution in [0.15, 0.2) is 68.9 Å². The quantitative estimate of drug-likeness (QED) is 0.494. The van der Waals surface area contributed by atoms with E-state index in [0.717, 1.165) is 4.73 Å². The highest BCUT2D eigenvalue weighted by atomic mass is 79.9. The average Bonchev–Trinajstić information content (AvgIpc) is 2.98. The zero-order valence-corrected chi connectivity index (χ0v) is 15.5. The molecule has 0 bridgehead atoms. The van der Waals surface area contributed by atoms with Gasteiger partial charge in [-0.3, -0.25) is 0 Å². The first-order valence-electron chi connectivity index (χ1n) is 7.50. The molecule has 0 amide bonds. The number of pyridine rings is 1. The fourth-order valence-electron chi connectivity index (χ4n) is 2.82. The highest BCUT2D eigenvalue weighted by Crippen LogP contribution is 2.36. The first-order valence-corrected chi connectivity index (χ1v) is 9.78. The zero-order valence-electron chi connectivity index (χ0n) is 13.1. The maximum Gasteiger partial charge on any atom is 0.206 e. The molecule has 2 heterocycles. The van der Waals surface area contributed by atoms with Crippen molar-refractivity contribution in [3.8, 4) is 11.4 Å². The summed E-state index contributed by atoms with van der Waals surface area (Å²) >= 11 is 3.41. The van der Waals surface area contributed by atoms with Gasteiger partial charge in [-0.2, -0.15) is 4.73 Å². The van der Waals surface area contributed by atoms with Gasteiger partial charge >= 0.3 is 0 Å². The van der Waals surface area contributed by atoms with Crippen LogP contribution in [0, 0.1) is 6.92 Å². The topological polar surface area (TPSA) is 72.2 Å². The van der Waals surface area contributed by atoms with Crippen LogP contribution in [0.1, 0.15) is 5.69 Å². The third kappa shape index (κ3) is 2.42. The second-order valence-electron chi connectivity index (χ2n) is 5.73. The molecule has 2 aliphatic rings. The van der Waals surface area contributed by atoms with Crippen LogP contribution in [0.2, 0.25) is 0 Å². The van der Waals surface area contributed by atoms with Crippen molar-refractivity contribution in [2.24, 2.45) is 0 Å². The van der Waals surface area contributed by atoms with Crippen molar-refractivity contribution in [1.29, 1.82) is 0 Å². The number of sulfone groups is 1. The van der Waals surface area contributed by atoms with Gasteiger partial charge in [-0.1, -0.05) is 18.2 Å². The molecule has 2 aromatic rings. The number of hydrogen-bond donors (Lipinski definition) is 1. The van der Waals surface area contributed by atoms with E-state index < -0.39 is 9.84 Å². The van der Waals surface area contributed by atoms with Crippen molar-refractivity contribution in [2.75, 3.05) is 0 Å². The molecular weight excluding hydrogens is 404 g/mol. The Morgan fingerprint density at radius 1 is 1.04 bits per heavy atom. The lowest BCUT2D eigenvalue weighted by atomic mass is 10.1. The number of fused-ring (bicyclic) bond motifs is 3. The summed E-state index contributed by atoms with van der Waals surface area (Å²) in [6.45, 7) is 1.76. The molecule has 0 aromatic heterocycles. The summed E-state index contributed by atoms with van der Waals surface area (Å²) in [6, 6.07) is 15.0. The Morgan fingerprint density at radius 2 is 1.76 bits per heavy atom. The van der Waals surface area contributed by atoms with Gasteiger partial charge in [0.2, 0.25) is 9.84 Å².